The lowest BCUT2D eigenvalue weighted by atomic mass is 9.78. The van der Waals surface area contributed by atoms with E-state index in [1.807, 2.05) is 20.8 Å². The number of carboxylic acids is 1. The molecule has 0 aromatic heterocycles. The first-order valence-electron chi connectivity index (χ1n) is 23.5. The molecule has 14 nitrogen and oxygen atoms in total. The van der Waals surface area contributed by atoms with Crippen molar-refractivity contribution < 1.29 is 67.9 Å². The number of methoxy groups -OCH3 is 1. The summed E-state index contributed by atoms with van der Waals surface area (Å²) >= 11 is 0. The van der Waals surface area contributed by atoms with E-state index in [1.54, 1.807) is 6.92 Å². The zero-order valence-electron chi connectivity index (χ0n) is 38.1. The monoisotopic (exact) mass is 857 g/mol. The van der Waals surface area contributed by atoms with Crippen molar-refractivity contribution in [2.45, 2.75) is 223 Å². The Kier molecular flexibility index (Phi) is 16.2. The molecule has 0 radical (unpaired) electrons. The van der Waals surface area contributed by atoms with Gasteiger partial charge in [-0.2, -0.15) is 0 Å². The Morgan fingerprint density at radius 1 is 0.883 bits per heavy atom. The molecule has 2 unspecified atom stereocenters. The second-order valence-electron chi connectivity index (χ2n) is 20.0. The lowest BCUT2D eigenvalue weighted by Gasteiger charge is -2.49. The number of aliphatic hydroxyl groups excluding tert-OH is 2. The molecular weight excluding hydrogens is 776 g/mol. The van der Waals surface area contributed by atoms with Gasteiger partial charge in [0.05, 0.1) is 66.5 Å². The Bertz CT molecular complexity index is 1360. The van der Waals surface area contributed by atoms with Crippen LogP contribution in [0, 0.1) is 35.5 Å². The van der Waals surface area contributed by atoms with Crippen LogP contribution in [0.15, 0.2) is 0 Å². The SMILES string of the molecule is C1CCC(OC2CCCCO2)OC1.CC[C@@]1([C@@H]2O[C@@H]([C@H]3O[C@@](O)(CO)[C@H](C)C[C@@H]3C)C[C@@H]2C)CC[C@H]([C@]2(C)CC[C@]3(C[C@H](O)[C@@H](C)[C@@H]([C@@H](C)[C@@H](OC)[C@H](C)C(=O)O)O3)O2)O1. The minimum absolute atomic E-state index is 0.00292. The van der Waals surface area contributed by atoms with Gasteiger partial charge in [-0.15, -0.1) is 0 Å². The highest BCUT2D eigenvalue weighted by Crippen LogP contribution is 2.55. The first-order chi connectivity index (χ1) is 28.4. The number of hydrogen-bond acceptors (Lipinski definition) is 13. The standard InChI is InChI=1S/C36H62O11.C10H18O3/c1-10-34(31-20(3)16-26(43-31)28-19(2)15-21(4)36(41,18-37)46-28)12-11-27(44-34)33(8)13-14-35(47-33)17-25(38)22(5)30(45-35)23(6)29(42-9)24(7)32(39)40;1-3-7-11-9(5-1)13-10-6-2-4-8-12-10/h19-31,37-38,41H,10-18H2,1-9H3,(H,39,40);9-10H,1-8H2/t19-,20-,21+,22+,23-,24-,25-,26+,27+,28-,29+,30-,31+,33-,34-,35+,36-;/m0./s1. The largest absolute Gasteiger partial charge is 0.481 e. The van der Waals surface area contributed by atoms with E-state index >= 15 is 0 Å². The van der Waals surface area contributed by atoms with E-state index in [4.69, 9.17) is 42.6 Å². The van der Waals surface area contributed by atoms with E-state index in [0.29, 0.717) is 19.3 Å². The smallest absolute Gasteiger partial charge is 0.308 e. The fourth-order valence-electron chi connectivity index (χ4n) is 11.7. The van der Waals surface area contributed by atoms with Crippen molar-refractivity contribution in [2.24, 2.45) is 35.5 Å². The fraction of sp³-hybridized carbons (Fsp3) is 0.978. The highest BCUT2D eigenvalue weighted by molar-refractivity contribution is 5.70. The van der Waals surface area contributed by atoms with Gasteiger partial charge < -0.3 is 63.1 Å². The van der Waals surface area contributed by atoms with Crippen LogP contribution in [-0.2, 0) is 47.4 Å². The van der Waals surface area contributed by atoms with Crippen molar-refractivity contribution in [3.05, 3.63) is 0 Å². The maximum absolute atomic E-state index is 11.8. The van der Waals surface area contributed by atoms with Crippen LogP contribution >= 0.6 is 0 Å². The van der Waals surface area contributed by atoms with Crippen LogP contribution in [-0.4, -0.2) is 131 Å². The third-order valence-corrected chi connectivity index (χ3v) is 15.6. The molecule has 14 heteroatoms. The molecule has 0 bridgehead atoms. The Morgan fingerprint density at radius 3 is 2.12 bits per heavy atom. The van der Waals surface area contributed by atoms with Gasteiger partial charge in [-0.05, 0) is 103 Å². The van der Waals surface area contributed by atoms with Crippen LogP contribution in [0.3, 0.4) is 0 Å². The first kappa shape index (κ1) is 48.4. The van der Waals surface area contributed by atoms with Crippen LogP contribution in [0.1, 0.15) is 145 Å². The zero-order valence-corrected chi connectivity index (χ0v) is 38.1. The van der Waals surface area contributed by atoms with E-state index in [2.05, 4.69) is 27.7 Å². The summed E-state index contributed by atoms with van der Waals surface area (Å²) in [6.45, 7) is 17.2. The molecule has 348 valence electrons. The molecule has 7 rings (SSSR count). The molecule has 19 atom stereocenters. The molecule has 0 amide bonds. The lowest BCUT2D eigenvalue weighted by molar-refractivity contribution is -0.336. The average Bonchev–Trinajstić information content (AvgIpc) is 3.95. The summed E-state index contributed by atoms with van der Waals surface area (Å²) in [6, 6.07) is 0. The van der Waals surface area contributed by atoms with Crippen molar-refractivity contribution in [3.8, 4) is 0 Å². The Morgan fingerprint density at radius 2 is 1.55 bits per heavy atom. The van der Waals surface area contributed by atoms with E-state index in [1.165, 1.54) is 32.8 Å². The maximum Gasteiger partial charge on any atom is 0.308 e. The molecule has 0 aromatic rings. The van der Waals surface area contributed by atoms with Gasteiger partial charge in [0.1, 0.15) is 0 Å². The lowest BCUT2D eigenvalue weighted by Crippen LogP contribution is -2.57. The number of carboxylic acid groups (broad SMARTS) is 1. The number of rotatable bonds is 12. The molecule has 7 aliphatic rings. The predicted molar refractivity (Wildman–Crippen MR) is 221 cm³/mol. The second kappa shape index (κ2) is 20.0. The van der Waals surface area contributed by atoms with E-state index in [9.17, 15) is 25.2 Å². The van der Waals surface area contributed by atoms with Crippen LogP contribution in [0.25, 0.3) is 0 Å². The molecule has 4 N–H and O–H groups in total. The average molecular weight is 857 g/mol. The van der Waals surface area contributed by atoms with Crippen molar-refractivity contribution in [1.29, 1.82) is 0 Å². The van der Waals surface area contributed by atoms with Crippen LogP contribution in [0.5, 0.6) is 0 Å². The van der Waals surface area contributed by atoms with Gasteiger partial charge in [-0.3, -0.25) is 4.79 Å². The molecule has 0 saturated carbocycles. The van der Waals surface area contributed by atoms with E-state index in [0.717, 1.165) is 58.2 Å². The third kappa shape index (κ3) is 10.3. The summed E-state index contributed by atoms with van der Waals surface area (Å²) in [6.07, 6.45) is 9.83. The summed E-state index contributed by atoms with van der Waals surface area (Å²) in [5.74, 6) is -4.52. The van der Waals surface area contributed by atoms with E-state index in [-0.39, 0.29) is 66.6 Å². The number of ether oxygens (including phenoxy) is 9. The maximum atomic E-state index is 11.8. The van der Waals surface area contributed by atoms with E-state index < -0.39 is 59.6 Å². The molecule has 0 aliphatic carbocycles. The molecule has 0 aromatic carbocycles. The van der Waals surface area contributed by atoms with Gasteiger partial charge in [0.25, 0.3) is 0 Å². The minimum Gasteiger partial charge on any atom is -0.481 e. The molecule has 60 heavy (non-hydrogen) atoms. The number of hydrogen-bond donors (Lipinski definition) is 4. The Balaban J connectivity index is 0.000000392. The summed E-state index contributed by atoms with van der Waals surface area (Å²) in [5.41, 5.74) is -1.15. The predicted octanol–water partition coefficient (Wildman–Crippen LogP) is 6.33. The van der Waals surface area contributed by atoms with Crippen molar-refractivity contribution in [2.75, 3.05) is 26.9 Å². The number of aliphatic hydroxyl groups is 3. The normalized spacial score (nSPS) is 47.7. The van der Waals surface area contributed by atoms with Gasteiger partial charge in [0.15, 0.2) is 24.2 Å². The van der Waals surface area contributed by atoms with Crippen molar-refractivity contribution >= 4 is 5.97 Å². The number of aliphatic carboxylic acids is 1. The second-order valence-corrected chi connectivity index (χ2v) is 20.0. The molecule has 1 spiro atoms. The molecular formula is C46H80O14. The summed E-state index contributed by atoms with van der Waals surface area (Å²) in [5, 5.41) is 41.8. The first-order valence-corrected chi connectivity index (χ1v) is 23.5. The summed E-state index contributed by atoms with van der Waals surface area (Å²) in [7, 11) is 1.52. The molecule has 7 aliphatic heterocycles. The molecule has 7 saturated heterocycles. The Hall–Kier alpha value is -1.01. The highest BCUT2D eigenvalue weighted by Gasteiger charge is 2.62. The van der Waals surface area contributed by atoms with Crippen LogP contribution < -0.4 is 0 Å². The van der Waals surface area contributed by atoms with Crippen LogP contribution in [0.2, 0.25) is 0 Å². The summed E-state index contributed by atoms with van der Waals surface area (Å²) < 4.78 is 56.1. The van der Waals surface area contributed by atoms with Gasteiger partial charge in [-0.25, -0.2) is 0 Å². The van der Waals surface area contributed by atoms with Gasteiger partial charge in [0, 0.05) is 50.9 Å². The van der Waals surface area contributed by atoms with Crippen molar-refractivity contribution in [1.82, 2.24) is 0 Å². The minimum atomic E-state index is -1.56. The van der Waals surface area contributed by atoms with Crippen LogP contribution in [0.4, 0.5) is 0 Å². The highest BCUT2D eigenvalue weighted by atomic mass is 16.8. The fourth-order valence-corrected chi connectivity index (χ4v) is 11.7. The summed E-state index contributed by atoms with van der Waals surface area (Å²) in [4.78, 5) is 11.8. The molecule has 7 heterocycles. The Labute approximate surface area is 358 Å². The van der Waals surface area contributed by atoms with Gasteiger partial charge >= 0.3 is 5.97 Å². The third-order valence-electron chi connectivity index (χ3n) is 15.6. The molecule has 7 fully saturated rings. The number of carbonyl (C=O) groups is 1. The van der Waals surface area contributed by atoms with Gasteiger partial charge in [0.2, 0.25) is 0 Å². The quantitative estimate of drug-likeness (QED) is 0.171. The zero-order chi connectivity index (χ0) is 43.6. The van der Waals surface area contributed by atoms with Gasteiger partial charge in [-0.1, -0.05) is 41.5 Å². The topological polar surface area (TPSA) is 181 Å². The van der Waals surface area contributed by atoms with Crippen molar-refractivity contribution in [3.63, 3.8) is 0 Å².